The first-order valence-electron chi connectivity index (χ1n) is 4.57. The van der Waals surface area contributed by atoms with Crippen molar-refractivity contribution in [1.82, 2.24) is 14.3 Å². The molecule has 0 aliphatic carbocycles. The number of esters is 1. The van der Waals surface area contributed by atoms with Gasteiger partial charge in [-0.2, -0.15) is 5.10 Å². The predicted molar refractivity (Wildman–Crippen MR) is 53.2 cm³/mol. The highest BCUT2D eigenvalue weighted by atomic mass is 16.5. The van der Waals surface area contributed by atoms with Crippen LogP contribution in [0.15, 0.2) is 23.3 Å². The second-order valence-electron chi connectivity index (χ2n) is 2.86. The van der Waals surface area contributed by atoms with E-state index < -0.39 is 5.97 Å². The van der Waals surface area contributed by atoms with Crippen LogP contribution in [0.1, 0.15) is 6.92 Å². The summed E-state index contributed by atoms with van der Waals surface area (Å²) in [5, 5.41) is 3.82. The summed E-state index contributed by atoms with van der Waals surface area (Å²) < 4.78 is 7.28. The number of nitrogens with zero attached hydrogens (tertiary/aromatic N) is 3. The molecule has 1 aromatic rings. The van der Waals surface area contributed by atoms with Gasteiger partial charge < -0.3 is 4.74 Å². The van der Waals surface area contributed by atoms with Crippen LogP contribution in [0.3, 0.4) is 0 Å². The maximum absolute atomic E-state index is 11.3. The number of carbonyl (C=O) groups is 1. The van der Waals surface area contributed by atoms with Gasteiger partial charge in [0.2, 0.25) is 0 Å². The van der Waals surface area contributed by atoms with Gasteiger partial charge in [-0.05, 0) is 6.92 Å². The minimum Gasteiger partial charge on any atom is -0.463 e. The Hall–Kier alpha value is -1.85. The van der Waals surface area contributed by atoms with E-state index in [9.17, 15) is 9.59 Å². The molecule has 0 radical (unpaired) electrons. The quantitative estimate of drug-likeness (QED) is 0.506. The molecule has 0 spiro atoms. The third-order valence-corrected chi connectivity index (χ3v) is 1.71. The summed E-state index contributed by atoms with van der Waals surface area (Å²) in [6.07, 6.45) is 4.23. The van der Waals surface area contributed by atoms with Gasteiger partial charge in [-0.25, -0.2) is 14.3 Å². The number of carbonyl (C=O) groups excluding carboxylic acids is 1. The van der Waals surface area contributed by atoms with E-state index >= 15 is 0 Å². The van der Waals surface area contributed by atoms with Gasteiger partial charge in [-0.15, -0.1) is 0 Å². The summed E-state index contributed by atoms with van der Waals surface area (Å²) in [4.78, 5) is 22.2. The van der Waals surface area contributed by atoms with Crippen molar-refractivity contribution in [3.05, 3.63) is 29.0 Å². The monoisotopic (exact) mass is 211 g/mol. The van der Waals surface area contributed by atoms with Crippen LogP contribution in [0, 0.1) is 0 Å². The molecule has 0 N–H and O–H groups in total. The Kier molecular flexibility index (Phi) is 3.84. The Morgan fingerprint density at radius 1 is 1.67 bits per heavy atom. The first-order valence-corrected chi connectivity index (χ1v) is 4.57. The first-order chi connectivity index (χ1) is 7.15. The third-order valence-electron chi connectivity index (χ3n) is 1.71. The zero-order valence-corrected chi connectivity index (χ0v) is 8.71. The largest absolute Gasteiger partial charge is 0.463 e. The van der Waals surface area contributed by atoms with Crippen molar-refractivity contribution in [2.75, 3.05) is 6.61 Å². The predicted octanol–water partition coefficient (Wildman–Crippen LogP) is -0.299. The summed E-state index contributed by atoms with van der Waals surface area (Å²) >= 11 is 0. The lowest BCUT2D eigenvalue weighted by Crippen LogP contribution is -2.22. The average molecular weight is 211 g/mol. The van der Waals surface area contributed by atoms with Crippen LogP contribution in [0.25, 0.3) is 0 Å². The van der Waals surface area contributed by atoms with Crippen molar-refractivity contribution in [1.29, 1.82) is 0 Å². The molecule has 0 amide bonds. The topological polar surface area (TPSA) is 66.1 Å². The summed E-state index contributed by atoms with van der Waals surface area (Å²) in [6.45, 7) is 2.33. The van der Waals surface area contributed by atoms with E-state index in [4.69, 9.17) is 0 Å². The minimum atomic E-state index is -0.415. The molecule has 0 unspecified atom stereocenters. The van der Waals surface area contributed by atoms with Crippen LogP contribution in [-0.2, 0) is 23.1 Å². The fourth-order valence-electron chi connectivity index (χ4n) is 0.985. The van der Waals surface area contributed by atoms with Crippen molar-refractivity contribution in [3.8, 4) is 0 Å². The number of ether oxygens (including phenoxy) is 1. The van der Waals surface area contributed by atoms with Gasteiger partial charge in [0, 0.05) is 13.1 Å². The number of rotatable bonds is 4. The summed E-state index contributed by atoms with van der Waals surface area (Å²) in [7, 11) is 1.61. The molecule has 0 aliphatic rings. The SMILES string of the molecule is CCOC(=O)/C=C/Cn1ncn(C)c1=O. The highest BCUT2D eigenvalue weighted by Crippen LogP contribution is 1.83. The van der Waals surface area contributed by atoms with E-state index in [2.05, 4.69) is 9.84 Å². The lowest BCUT2D eigenvalue weighted by Gasteiger charge is -1.94. The first kappa shape index (κ1) is 11.2. The molecule has 0 saturated carbocycles. The molecular formula is C9H13N3O3. The molecule has 0 atom stereocenters. The minimum absolute atomic E-state index is 0.219. The average Bonchev–Trinajstić information content (AvgIpc) is 2.50. The normalized spacial score (nSPS) is 10.8. The summed E-state index contributed by atoms with van der Waals surface area (Å²) in [5.41, 5.74) is -0.219. The van der Waals surface area contributed by atoms with Gasteiger partial charge in [-0.1, -0.05) is 6.08 Å². The van der Waals surface area contributed by atoms with E-state index in [1.165, 1.54) is 27.7 Å². The molecule has 0 aromatic carbocycles. The lowest BCUT2D eigenvalue weighted by molar-refractivity contribution is -0.137. The van der Waals surface area contributed by atoms with Gasteiger partial charge in [0.15, 0.2) is 0 Å². The van der Waals surface area contributed by atoms with Crippen molar-refractivity contribution in [3.63, 3.8) is 0 Å². The van der Waals surface area contributed by atoms with E-state index in [1.807, 2.05) is 0 Å². The van der Waals surface area contributed by atoms with Crippen LogP contribution in [0.2, 0.25) is 0 Å². The zero-order chi connectivity index (χ0) is 11.3. The molecule has 0 fully saturated rings. The summed E-state index contributed by atoms with van der Waals surface area (Å²) in [6, 6.07) is 0. The molecule has 1 aromatic heterocycles. The molecule has 82 valence electrons. The van der Waals surface area contributed by atoms with Crippen LogP contribution in [-0.4, -0.2) is 26.9 Å². The number of aromatic nitrogens is 3. The standard InChI is InChI=1S/C9H13N3O3/c1-3-15-8(13)5-4-6-12-9(14)11(2)7-10-12/h4-5,7H,3,6H2,1-2H3/b5-4+. The molecule has 1 heterocycles. The Morgan fingerprint density at radius 3 is 2.93 bits per heavy atom. The van der Waals surface area contributed by atoms with Gasteiger partial charge in [-0.3, -0.25) is 4.57 Å². The van der Waals surface area contributed by atoms with Crippen molar-refractivity contribution >= 4 is 5.97 Å². The molecule has 1 rings (SSSR count). The molecular weight excluding hydrogens is 198 g/mol. The third kappa shape index (κ3) is 3.08. The van der Waals surface area contributed by atoms with Crippen LogP contribution in [0.4, 0.5) is 0 Å². The zero-order valence-electron chi connectivity index (χ0n) is 8.71. The van der Waals surface area contributed by atoms with Crippen molar-refractivity contribution in [2.45, 2.75) is 13.5 Å². The number of aryl methyl sites for hydroxylation is 1. The fourth-order valence-corrected chi connectivity index (χ4v) is 0.985. The Balaban J connectivity index is 2.54. The van der Waals surface area contributed by atoms with Gasteiger partial charge in [0.25, 0.3) is 0 Å². The maximum Gasteiger partial charge on any atom is 0.345 e. The van der Waals surface area contributed by atoms with E-state index in [0.29, 0.717) is 6.61 Å². The lowest BCUT2D eigenvalue weighted by atomic mass is 10.5. The number of hydrogen-bond acceptors (Lipinski definition) is 4. The maximum atomic E-state index is 11.3. The second-order valence-corrected chi connectivity index (χ2v) is 2.86. The smallest absolute Gasteiger partial charge is 0.345 e. The van der Waals surface area contributed by atoms with E-state index in [-0.39, 0.29) is 12.2 Å². The Bertz CT molecular complexity index is 416. The molecule has 15 heavy (non-hydrogen) atoms. The van der Waals surface area contributed by atoms with Gasteiger partial charge >= 0.3 is 11.7 Å². The summed E-state index contributed by atoms with van der Waals surface area (Å²) in [5.74, 6) is -0.415. The molecule has 6 heteroatoms. The van der Waals surface area contributed by atoms with Crippen LogP contribution in [0.5, 0.6) is 0 Å². The van der Waals surface area contributed by atoms with Gasteiger partial charge in [0.05, 0.1) is 13.2 Å². The number of hydrogen-bond donors (Lipinski definition) is 0. The highest BCUT2D eigenvalue weighted by Gasteiger charge is 1.98. The van der Waals surface area contributed by atoms with Crippen molar-refractivity contribution in [2.24, 2.45) is 7.05 Å². The molecule has 0 saturated heterocycles. The van der Waals surface area contributed by atoms with Crippen molar-refractivity contribution < 1.29 is 9.53 Å². The molecule has 0 bridgehead atoms. The van der Waals surface area contributed by atoms with E-state index in [0.717, 1.165) is 0 Å². The fraction of sp³-hybridized carbons (Fsp3) is 0.444. The Labute approximate surface area is 86.8 Å². The number of allylic oxidation sites excluding steroid dienone is 1. The Morgan fingerprint density at radius 2 is 2.40 bits per heavy atom. The second kappa shape index (κ2) is 5.14. The molecule has 6 nitrogen and oxygen atoms in total. The van der Waals surface area contributed by atoms with Crippen LogP contribution < -0.4 is 5.69 Å². The van der Waals surface area contributed by atoms with E-state index in [1.54, 1.807) is 14.0 Å². The molecule has 0 aliphatic heterocycles. The highest BCUT2D eigenvalue weighted by molar-refractivity contribution is 5.81. The van der Waals surface area contributed by atoms with Crippen LogP contribution >= 0.6 is 0 Å². The van der Waals surface area contributed by atoms with Gasteiger partial charge in [0.1, 0.15) is 6.33 Å².